The van der Waals surface area contributed by atoms with Crippen LogP contribution in [0.5, 0.6) is 5.75 Å². The van der Waals surface area contributed by atoms with Gasteiger partial charge in [-0.15, -0.1) is 0 Å². The van der Waals surface area contributed by atoms with Crippen molar-refractivity contribution in [1.29, 1.82) is 5.26 Å². The molecule has 0 aliphatic carbocycles. The van der Waals surface area contributed by atoms with E-state index >= 15 is 0 Å². The third-order valence-corrected chi connectivity index (χ3v) is 2.84. The Balaban J connectivity index is 2.98. The summed E-state index contributed by atoms with van der Waals surface area (Å²) in [5, 5.41) is 9.41. The second-order valence-corrected chi connectivity index (χ2v) is 4.37. The maximum Gasteiger partial charge on any atom is 0.137 e. The highest BCUT2D eigenvalue weighted by Crippen LogP contribution is 2.30. The molecule has 0 aliphatic heterocycles. The van der Waals surface area contributed by atoms with Crippen molar-refractivity contribution in [3.63, 3.8) is 0 Å². The standard InChI is InChI=1S/C13H17ClN2O/c1-4-17-13-6-5-10(9-11(13)14)12(7-8-15)16(2)3/h5-6,9,12H,4,7H2,1-3H3. The molecule has 17 heavy (non-hydrogen) atoms. The number of nitrogens with zero attached hydrogens (tertiary/aromatic N) is 2. The summed E-state index contributed by atoms with van der Waals surface area (Å²) in [5.41, 5.74) is 1.03. The lowest BCUT2D eigenvalue weighted by Crippen LogP contribution is -2.19. The van der Waals surface area contributed by atoms with Gasteiger partial charge in [-0.05, 0) is 38.7 Å². The van der Waals surface area contributed by atoms with Crippen LogP contribution in [-0.4, -0.2) is 25.6 Å². The fourth-order valence-electron chi connectivity index (χ4n) is 1.68. The number of halogens is 1. The predicted molar refractivity (Wildman–Crippen MR) is 69.3 cm³/mol. The normalized spacial score (nSPS) is 12.2. The fraction of sp³-hybridized carbons (Fsp3) is 0.462. The molecule has 1 unspecified atom stereocenters. The van der Waals surface area contributed by atoms with E-state index < -0.39 is 0 Å². The summed E-state index contributed by atoms with van der Waals surface area (Å²) in [6, 6.07) is 7.94. The Kier molecular flexibility index (Phi) is 5.27. The average Bonchev–Trinajstić information content (AvgIpc) is 2.28. The molecule has 0 aromatic heterocycles. The molecular formula is C13H17ClN2O. The van der Waals surface area contributed by atoms with Crippen molar-refractivity contribution in [2.75, 3.05) is 20.7 Å². The third kappa shape index (κ3) is 3.62. The highest BCUT2D eigenvalue weighted by Gasteiger charge is 2.15. The van der Waals surface area contributed by atoms with Crippen molar-refractivity contribution in [2.24, 2.45) is 0 Å². The number of benzene rings is 1. The maximum atomic E-state index is 8.82. The van der Waals surface area contributed by atoms with Gasteiger partial charge in [0.05, 0.1) is 24.1 Å². The minimum absolute atomic E-state index is 0.0631. The van der Waals surface area contributed by atoms with E-state index in [1.54, 1.807) is 0 Å². The van der Waals surface area contributed by atoms with Crippen molar-refractivity contribution in [2.45, 2.75) is 19.4 Å². The molecule has 0 saturated carbocycles. The van der Waals surface area contributed by atoms with Crippen LogP contribution in [-0.2, 0) is 0 Å². The Hall–Kier alpha value is -1.24. The predicted octanol–water partition coefficient (Wildman–Crippen LogP) is 3.26. The maximum absolute atomic E-state index is 8.82. The lowest BCUT2D eigenvalue weighted by Gasteiger charge is -2.22. The van der Waals surface area contributed by atoms with E-state index in [0.29, 0.717) is 23.8 Å². The van der Waals surface area contributed by atoms with Crippen LogP contribution in [0, 0.1) is 11.3 Å². The van der Waals surface area contributed by atoms with Gasteiger partial charge in [0.15, 0.2) is 0 Å². The van der Waals surface area contributed by atoms with Crippen LogP contribution in [0.3, 0.4) is 0 Å². The average molecular weight is 253 g/mol. The van der Waals surface area contributed by atoms with Crippen LogP contribution in [0.4, 0.5) is 0 Å². The summed E-state index contributed by atoms with van der Waals surface area (Å²) >= 11 is 6.13. The molecule has 0 heterocycles. The minimum Gasteiger partial charge on any atom is -0.492 e. The second-order valence-electron chi connectivity index (χ2n) is 3.96. The molecule has 4 heteroatoms. The first-order valence-electron chi connectivity index (χ1n) is 5.55. The fourth-order valence-corrected chi connectivity index (χ4v) is 1.93. The smallest absolute Gasteiger partial charge is 0.137 e. The molecule has 92 valence electrons. The Bertz CT molecular complexity index is 412. The molecule has 3 nitrogen and oxygen atoms in total. The summed E-state index contributed by atoms with van der Waals surface area (Å²) in [4.78, 5) is 2.01. The molecule has 1 aromatic carbocycles. The summed E-state index contributed by atoms with van der Waals surface area (Å²) in [7, 11) is 3.90. The summed E-state index contributed by atoms with van der Waals surface area (Å²) in [6.07, 6.45) is 0.442. The molecule has 0 bridgehead atoms. The van der Waals surface area contributed by atoms with Crippen molar-refractivity contribution >= 4 is 11.6 Å². The van der Waals surface area contributed by atoms with Crippen LogP contribution in [0.25, 0.3) is 0 Å². The van der Waals surface area contributed by atoms with Gasteiger partial charge in [-0.2, -0.15) is 5.26 Å². The zero-order chi connectivity index (χ0) is 12.8. The van der Waals surface area contributed by atoms with E-state index in [1.807, 2.05) is 44.1 Å². The van der Waals surface area contributed by atoms with Gasteiger partial charge >= 0.3 is 0 Å². The van der Waals surface area contributed by atoms with Gasteiger partial charge in [-0.25, -0.2) is 0 Å². The van der Waals surface area contributed by atoms with E-state index in [9.17, 15) is 0 Å². The minimum atomic E-state index is 0.0631. The van der Waals surface area contributed by atoms with Gasteiger partial charge in [0.2, 0.25) is 0 Å². The van der Waals surface area contributed by atoms with Crippen molar-refractivity contribution in [1.82, 2.24) is 4.90 Å². The highest BCUT2D eigenvalue weighted by atomic mass is 35.5. The third-order valence-electron chi connectivity index (χ3n) is 2.55. The van der Waals surface area contributed by atoms with E-state index in [2.05, 4.69) is 6.07 Å². The zero-order valence-corrected chi connectivity index (χ0v) is 11.2. The van der Waals surface area contributed by atoms with Gasteiger partial charge in [-0.1, -0.05) is 17.7 Å². The van der Waals surface area contributed by atoms with E-state index in [4.69, 9.17) is 21.6 Å². The van der Waals surface area contributed by atoms with Crippen molar-refractivity contribution in [3.8, 4) is 11.8 Å². The second kappa shape index (κ2) is 6.48. The number of nitriles is 1. The largest absolute Gasteiger partial charge is 0.492 e. The van der Waals surface area contributed by atoms with Gasteiger partial charge in [0, 0.05) is 6.04 Å². The molecule has 0 fully saturated rings. The molecule has 1 rings (SSSR count). The molecule has 0 N–H and O–H groups in total. The Morgan fingerprint density at radius 1 is 1.47 bits per heavy atom. The SMILES string of the molecule is CCOc1ccc(C(CC#N)N(C)C)cc1Cl. The molecule has 0 aliphatic rings. The number of hydrogen-bond donors (Lipinski definition) is 0. The van der Waals surface area contributed by atoms with Crippen molar-refractivity contribution in [3.05, 3.63) is 28.8 Å². The Morgan fingerprint density at radius 2 is 2.18 bits per heavy atom. The summed E-state index contributed by atoms with van der Waals surface area (Å²) in [5.74, 6) is 0.687. The number of rotatable bonds is 5. The van der Waals surface area contributed by atoms with E-state index in [1.165, 1.54) is 0 Å². The van der Waals surface area contributed by atoms with E-state index in [0.717, 1.165) is 5.56 Å². The first-order chi connectivity index (χ1) is 8.10. The molecule has 1 aromatic rings. The topological polar surface area (TPSA) is 36.3 Å². The van der Waals surface area contributed by atoms with Crippen LogP contribution in [0.1, 0.15) is 24.9 Å². The Labute approximate surface area is 108 Å². The summed E-state index contributed by atoms with van der Waals surface area (Å²) < 4.78 is 5.38. The van der Waals surface area contributed by atoms with Gasteiger partial charge in [0.1, 0.15) is 5.75 Å². The monoisotopic (exact) mass is 252 g/mol. The lowest BCUT2D eigenvalue weighted by molar-refractivity contribution is 0.302. The van der Waals surface area contributed by atoms with Crippen LogP contribution in [0.2, 0.25) is 5.02 Å². The van der Waals surface area contributed by atoms with Crippen LogP contribution >= 0.6 is 11.6 Å². The number of hydrogen-bond acceptors (Lipinski definition) is 3. The van der Waals surface area contributed by atoms with Crippen LogP contribution in [0.15, 0.2) is 18.2 Å². The number of ether oxygens (including phenoxy) is 1. The Morgan fingerprint density at radius 3 is 2.65 bits per heavy atom. The molecule has 0 saturated heterocycles. The molecular weight excluding hydrogens is 236 g/mol. The molecule has 1 atom stereocenters. The lowest BCUT2D eigenvalue weighted by atomic mass is 10.0. The summed E-state index contributed by atoms with van der Waals surface area (Å²) in [6.45, 7) is 2.51. The molecule has 0 amide bonds. The van der Waals surface area contributed by atoms with Gasteiger partial charge in [0.25, 0.3) is 0 Å². The zero-order valence-electron chi connectivity index (χ0n) is 10.4. The highest BCUT2D eigenvalue weighted by molar-refractivity contribution is 6.32. The van der Waals surface area contributed by atoms with Gasteiger partial charge < -0.3 is 9.64 Å². The van der Waals surface area contributed by atoms with Crippen LogP contribution < -0.4 is 4.74 Å². The van der Waals surface area contributed by atoms with Gasteiger partial charge in [-0.3, -0.25) is 0 Å². The molecule has 0 radical (unpaired) electrons. The van der Waals surface area contributed by atoms with E-state index in [-0.39, 0.29) is 6.04 Å². The van der Waals surface area contributed by atoms with Crippen molar-refractivity contribution < 1.29 is 4.74 Å². The molecule has 0 spiro atoms. The quantitative estimate of drug-likeness (QED) is 0.807. The first kappa shape index (κ1) is 13.8. The first-order valence-corrected chi connectivity index (χ1v) is 5.93.